The first kappa shape index (κ1) is 12.9. The van der Waals surface area contributed by atoms with Gasteiger partial charge in [-0.3, -0.25) is 4.98 Å². The van der Waals surface area contributed by atoms with Crippen molar-refractivity contribution in [1.29, 1.82) is 0 Å². The van der Waals surface area contributed by atoms with E-state index in [1.54, 1.807) is 12.4 Å². The highest BCUT2D eigenvalue weighted by atomic mass is 79.9. The van der Waals surface area contributed by atoms with Gasteiger partial charge in [0.25, 0.3) is 0 Å². The maximum atomic E-state index is 6.02. The van der Waals surface area contributed by atoms with Gasteiger partial charge in [0, 0.05) is 30.3 Å². The molecule has 0 aliphatic carbocycles. The zero-order chi connectivity index (χ0) is 11.1. The average molecular weight is 292 g/mol. The molecule has 84 valence electrons. The van der Waals surface area contributed by atoms with Crippen LogP contribution < -0.4 is 5.32 Å². The molecule has 15 heavy (non-hydrogen) atoms. The Labute approximate surface area is 105 Å². The van der Waals surface area contributed by atoms with Crippen molar-refractivity contribution in [2.24, 2.45) is 0 Å². The first-order chi connectivity index (χ1) is 7.27. The van der Waals surface area contributed by atoms with Crippen molar-refractivity contribution in [3.05, 3.63) is 29.0 Å². The predicted molar refractivity (Wildman–Crippen MR) is 68.6 cm³/mol. The van der Waals surface area contributed by atoms with Crippen LogP contribution in [0.25, 0.3) is 0 Å². The molecule has 0 aliphatic rings. The maximum Gasteiger partial charge on any atom is 0.0634 e. The molecular formula is C11H16BrClN2. The lowest BCUT2D eigenvalue weighted by Gasteiger charge is -2.15. The molecule has 1 unspecified atom stereocenters. The monoisotopic (exact) mass is 290 g/mol. The third kappa shape index (κ3) is 4.49. The second-order valence-corrected chi connectivity index (χ2v) is 4.63. The zero-order valence-corrected chi connectivity index (χ0v) is 11.2. The molecule has 0 saturated heterocycles. The van der Waals surface area contributed by atoms with Crippen molar-refractivity contribution in [3.63, 3.8) is 0 Å². The fourth-order valence-corrected chi connectivity index (χ4v) is 2.12. The summed E-state index contributed by atoms with van der Waals surface area (Å²) in [5.74, 6) is 0. The van der Waals surface area contributed by atoms with Gasteiger partial charge in [0.1, 0.15) is 0 Å². The first-order valence-electron chi connectivity index (χ1n) is 5.15. The summed E-state index contributed by atoms with van der Waals surface area (Å²) in [5.41, 5.74) is 1.11. The van der Waals surface area contributed by atoms with E-state index in [9.17, 15) is 0 Å². The summed E-state index contributed by atoms with van der Waals surface area (Å²) in [6, 6.07) is 2.50. The van der Waals surface area contributed by atoms with Gasteiger partial charge in [-0.1, -0.05) is 34.5 Å². The van der Waals surface area contributed by atoms with Gasteiger partial charge in [-0.25, -0.2) is 0 Å². The molecule has 1 aromatic rings. The first-order valence-corrected chi connectivity index (χ1v) is 6.65. The topological polar surface area (TPSA) is 24.9 Å². The molecule has 0 fully saturated rings. The Balaban J connectivity index is 2.45. The quantitative estimate of drug-likeness (QED) is 0.813. The fraction of sp³-hybridized carbons (Fsp3) is 0.545. The largest absolute Gasteiger partial charge is 0.310 e. The highest BCUT2D eigenvalue weighted by Crippen LogP contribution is 2.13. The van der Waals surface area contributed by atoms with Gasteiger partial charge in [0.15, 0.2) is 0 Å². The Kier molecular flexibility index (Phi) is 6.22. The van der Waals surface area contributed by atoms with Crippen LogP contribution in [-0.4, -0.2) is 16.4 Å². The summed E-state index contributed by atoms with van der Waals surface area (Å²) in [4.78, 5) is 3.96. The number of hydrogen-bond donors (Lipinski definition) is 1. The minimum Gasteiger partial charge on any atom is -0.310 e. The molecule has 0 amide bonds. The third-order valence-corrected chi connectivity index (χ3v) is 3.19. The van der Waals surface area contributed by atoms with Gasteiger partial charge < -0.3 is 5.32 Å². The highest BCUT2D eigenvalue weighted by molar-refractivity contribution is 9.09. The van der Waals surface area contributed by atoms with Crippen LogP contribution in [0.5, 0.6) is 0 Å². The van der Waals surface area contributed by atoms with Crippen LogP contribution in [0.3, 0.4) is 0 Å². The van der Waals surface area contributed by atoms with Crippen molar-refractivity contribution in [1.82, 2.24) is 10.3 Å². The van der Waals surface area contributed by atoms with Crippen LogP contribution in [0, 0.1) is 0 Å². The molecule has 4 heteroatoms. The summed E-state index contributed by atoms with van der Waals surface area (Å²) in [6.07, 6.45) is 5.73. The van der Waals surface area contributed by atoms with E-state index in [4.69, 9.17) is 11.6 Å². The van der Waals surface area contributed by atoms with Crippen LogP contribution in [0.15, 0.2) is 18.5 Å². The molecule has 0 bridgehead atoms. The van der Waals surface area contributed by atoms with Crippen molar-refractivity contribution in [3.8, 4) is 0 Å². The van der Waals surface area contributed by atoms with E-state index < -0.39 is 0 Å². The molecular weight excluding hydrogens is 275 g/mol. The molecule has 0 saturated carbocycles. The number of alkyl halides is 1. The summed E-state index contributed by atoms with van der Waals surface area (Å²) in [5, 5.41) is 5.25. The smallest absolute Gasteiger partial charge is 0.0634 e. The van der Waals surface area contributed by atoms with E-state index in [0.717, 1.165) is 35.3 Å². The molecule has 0 aliphatic heterocycles. The summed E-state index contributed by atoms with van der Waals surface area (Å²) < 4.78 is 0. The molecule has 1 aromatic heterocycles. The third-order valence-electron chi connectivity index (χ3n) is 2.39. The van der Waals surface area contributed by atoms with Crippen LogP contribution >= 0.6 is 27.5 Å². The lowest BCUT2D eigenvalue weighted by atomic mass is 10.1. The number of halogens is 2. The van der Waals surface area contributed by atoms with E-state index in [1.165, 1.54) is 0 Å². The lowest BCUT2D eigenvalue weighted by molar-refractivity contribution is 0.488. The highest BCUT2D eigenvalue weighted by Gasteiger charge is 2.05. The molecule has 0 radical (unpaired) electrons. The van der Waals surface area contributed by atoms with Gasteiger partial charge in [-0.05, 0) is 24.5 Å². The average Bonchev–Trinajstić information content (AvgIpc) is 2.26. The molecule has 1 N–H and O–H groups in total. The van der Waals surface area contributed by atoms with Crippen molar-refractivity contribution >= 4 is 27.5 Å². The molecule has 1 heterocycles. The molecule has 0 spiro atoms. The Morgan fingerprint density at radius 2 is 2.40 bits per heavy atom. The lowest BCUT2D eigenvalue weighted by Crippen LogP contribution is -2.28. The minimum atomic E-state index is 0.550. The normalized spacial score (nSPS) is 12.7. The second kappa shape index (κ2) is 7.20. The van der Waals surface area contributed by atoms with Crippen LogP contribution in [0.4, 0.5) is 0 Å². The zero-order valence-electron chi connectivity index (χ0n) is 8.84. The van der Waals surface area contributed by atoms with E-state index in [2.05, 4.69) is 33.2 Å². The van der Waals surface area contributed by atoms with E-state index in [0.29, 0.717) is 6.04 Å². The maximum absolute atomic E-state index is 6.02. The standard InChI is InChI=1S/C11H16BrClN2/c1-2-10(3-5-12)15-7-9-4-6-14-8-11(9)13/h4,6,8,10,15H,2-3,5,7H2,1H3. The van der Waals surface area contributed by atoms with Gasteiger partial charge >= 0.3 is 0 Å². The van der Waals surface area contributed by atoms with Crippen molar-refractivity contribution in [2.45, 2.75) is 32.4 Å². The molecule has 1 rings (SSSR count). The number of nitrogens with zero attached hydrogens (tertiary/aromatic N) is 1. The van der Waals surface area contributed by atoms with Gasteiger partial charge in [0.2, 0.25) is 0 Å². The van der Waals surface area contributed by atoms with Gasteiger partial charge in [-0.15, -0.1) is 0 Å². The number of aromatic nitrogens is 1. The number of pyridine rings is 1. The summed E-state index contributed by atoms with van der Waals surface area (Å²) in [7, 11) is 0. The number of hydrogen-bond acceptors (Lipinski definition) is 2. The van der Waals surface area contributed by atoms with Crippen molar-refractivity contribution < 1.29 is 0 Å². The predicted octanol–water partition coefficient (Wildman–Crippen LogP) is 3.39. The van der Waals surface area contributed by atoms with Gasteiger partial charge in [0.05, 0.1) is 5.02 Å². The molecule has 0 aromatic carbocycles. The second-order valence-electron chi connectivity index (χ2n) is 3.43. The van der Waals surface area contributed by atoms with E-state index in [1.807, 2.05) is 6.07 Å². The fourth-order valence-electron chi connectivity index (χ4n) is 1.38. The van der Waals surface area contributed by atoms with Crippen LogP contribution in [0.2, 0.25) is 5.02 Å². The van der Waals surface area contributed by atoms with Crippen LogP contribution in [-0.2, 0) is 6.54 Å². The van der Waals surface area contributed by atoms with Crippen LogP contribution in [0.1, 0.15) is 25.3 Å². The van der Waals surface area contributed by atoms with Crippen molar-refractivity contribution in [2.75, 3.05) is 5.33 Å². The number of rotatable bonds is 6. The van der Waals surface area contributed by atoms with Gasteiger partial charge in [-0.2, -0.15) is 0 Å². The molecule has 2 nitrogen and oxygen atoms in total. The summed E-state index contributed by atoms with van der Waals surface area (Å²) >= 11 is 9.47. The summed E-state index contributed by atoms with van der Waals surface area (Å²) in [6.45, 7) is 3.00. The Hall–Kier alpha value is -0.120. The molecule has 1 atom stereocenters. The Morgan fingerprint density at radius 1 is 1.60 bits per heavy atom. The minimum absolute atomic E-state index is 0.550. The Bertz CT molecular complexity index is 294. The SMILES string of the molecule is CCC(CCBr)NCc1ccncc1Cl. The Morgan fingerprint density at radius 3 is 3.00 bits per heavy atom. The van der Waals surface area contributed by atoms with E-state index >= 15 is 0 Å². The van der Waals surface area contributed by atoms with E-state index in [-0.39, 0.29) is 0 Å². The number of nitrogens with one attached hydrogen (secondary N) is 1.